The van der Waals surface area contributed by atoms with Crippen LogP contribution < -0.4 is 11.3 Å². The second-order valence-electron chi connectivity index (χ2n) is 4.85. The molecule has 3 heteroatoms. The number of benzene rings is 2. The Kier molecular flexibility index (Phi) is 4.30. The predicted molar refractivity (Wildman–Crippen MR) is 76.1 cm³/mol. The van der Waals surface area contributed by atoms with Gasteiger partial charge in [-0.25, -0.2) is 4.39 Å². The smallest absolute Gasteiger partial charge is 0.123 e. The first-order chi connectivity index (χ1) is 9.11. The Hall–Kier alpha value is -1.71. The number of nitrogens with two attached hydrogens (primary N) is 1. The first-order valence-corrected chi connectivity index (χ1v) is 6.38. The van der Waals surface area contributed by atoms with Crippen LogP contribution in [-0.2, 0) is 6.42 Å². The summed E-state index contributed by atoms with van der Waals surface area (Å²) < 4.78 is 13.1. The van der Waals surface area contributed by atoms with E-state index in [9.17, 15) is 4.39 Å². The Morgan fingerprint density at radius 1 is 1.11 bits per heavy atom. The number of hydrazine groups is 1. The number of aryl methyl sites for hydroxylation is 2. The summed E-state index contributed by atoms with van der Waals surface area (Å²) in [5, 5.41) is 0. The van der Waals surface area contributed by atoms with Crippen LogP contribution in [0, 0.1) is 19.7 Å². The molecule has 0 bridgehead atoms. The van der Waals surface area contributed by atoms with Gasteiger partial charge in [-0.2, -0.15) is 0 Å². The van der Waals surface area contributed by atoms with E-state index in [1.807, 2.05) is 25.1 Å². The van der Waals surface area contributed by atoms with Crippen molar-refractivity contribution in [2.24, 2.45) is 5.84 Å². The fourth-order valence-electron chi connectivity index (χ4n) is 2.34. The molecule has 3 N–H and O–H groups in total. The zero-order valence-electron chi connectivity index (χ0n) is 11.3. The van der Waals surface area contributed by atoms with E-state index < -0.39 is 0 Å². The normalized spacial score (nSPS) is 12.4. The van der Waals surface area contributed by atoms with Crippen LogP contribution in [-0.4, -0.2) is 0 Å². The van der Waals surface area contributed by atoms with E-state index in [-0.39, 0.29) is 11.9 Å². The highest BCUT2D eigenvalue weighted by atomic mass is 19.1. The molecular weight excluding hydrogens is 239 g/mol. The summed E-state index contributed by atoms with van der Waals surface area (Å²) >= 11 is 0. The van der Waals surface area contributed by atoms with Crippen molar-refractivity contribution in [2.45, 2.75) is 26.3 Å². The summed E-state index contributed by atoms with van der Waals surface area (Å²) in [7, 11) is 0. The van der Waals surface area contributed by atoms with Gasteiger partial charge >= 0.3 is 0 Å². The maximum absolute atomic E-state index is 13.1. The fourth-order valence-corrected chi connectivity index (χ4v) is 2.34. The molecule has 2 aromatic rings. The van der Waals surface area contributed by atoms with Gasteiger partial charge in [-0.1, -0.05) is 30.3 Å². The molecule has 2 nitrogen and oxygen atoms in total. The average molecular weight is 258 g/mol. The van der Waals surface area contributed by atoms with Gasteiger partial charge in [0.15, 0.2) is 0 Å². The van der Waals surface area contributed by atoms with Gasteiger partial charge in [0.25, 0.3) is 0 Å². The Bertz CT molecular complexity index is 566. The van der Waals surface area contributed by atoms with E-state index in [2.05, 4.69) is 24.5 Å². The van der Waals surface area contributed by atoms with Crippen molar-refractivity contribution in [3.05, 3.63) is 70.5 Å². The van der Waals surface area contributed by atoms with Crippen LogP contribution in [0.3, 0.4) is 0 Å². The van der Waals surface area contributed by atoms with Gasteiger partial charge in [0.2, 0.25) is 0 Å². The van der Waals surface area contributed by atoms with Crippen molar-refractivity contribution in [1.29, 1.82) is 0 Å². The molecule has 2 aromatic carbocycles. The second kappa shape index (κ2) is 5.95. The molecule has 1 unspecified atom stereocenters. The van der Waals surface area contributed by atoms with Gasteiger partial charge in [-0.05, 0) is 54.7 Å². The molecule has 0 fully saturated rings. The van der Waals surface area contributed by atoms with E-state index in [4.69, 9.17) is 5.84 Å². The van der Waals surface area contributed by atoms with Crippen LogP contribution in [0.2, 0.25) is 0 Å². The number of rotatable bonds is 4. The largest absolute Gasteiger partial charge is 0.271 e. The standard InChI is InChI=1S/C16H19FN2/c1-11-5-3-4-6-15(11)16(19-18)10-13-7-8-14(17)9-12(13)2/h3-9,16,19H,10,18H2,1-2H3. The first kappa shape index (κ1) is 13.7. The van der Waals surface area contributed by atoms with Crippen LogP contribution in [0.15, 0.2) is 42.5 Å². The van der Waals surface area contributed by atoms with Gasteiger partial charge in [-0.15, -0.1) is 0 Å². The molecule has 100 valence electrons. The predicted octanol–water partition coefficient (Wildman–Crippen LogP) is 3.19. The lowest BCUT2D eigenvalue weighted by molar-refractivity contribution is 0.547. The molecule has 1 atom stereocenters. The van der Waals surface area contributed by atoms with Crippen LogP contribution >= 0.6 is 0 Å². The molecular formula is C16H19FN2. The van der Waals surface area contributed by atoms with E-state index in [1.54, 1.807) is 6.07 Å². The minimum absolute atomic E-state index is 0.0327. The third-order valence-corrected chi connectivity index (χ3v) is 3.49. The maximum atomic E-state index is 13.1. The summed E-state index contributed by atoms with van der Waals surface area (Å²) in [5.74, 6) is 5.48. The van der Waals surface area contributed by atoms with Crippen LogP contribution in [0.5, 0.6) is 0 Å². The third-order valence-electron chi connectivity index (χ3n) is 3.49. The average Bonchev–Trinajstić information content (AvgIpc) is 2.39. The van der Waals surface area contributed by atoms with Crippen molar-refractivity contribution in [3.63, 3.8) is 0 Å². The lowest BCUT2D eigenvalue weighted by Crippen LogP contribution is -2.30. The Morgan fingerprint density at radius 3 is 2.47 bits per heavy atom. The van der Waals surface area contributed by atoms with Crippen LogP contribution in [0.25, 0.3) is 0 Å². The van der Waals surface area contributed by atoms with E-state index in [0.717, 1.165) is 17.5 Å². The van der Waals surface area contributed by atoms with E-state index >= 15 is 0 Å². The molecule has 0 aliphatic rings. The van der Waals surface area contributed by atoms with Crippen molar-refractivity contribution in [3.8, 4) is 0 Å². The maximum Gasteiger partial charge on any atom is 0.123 e. The highest BCUT2D eigenvalue weighted by molar-refractivity contribution is 5.33. The minimum Gasteiger partial charge on any atom is -0.271 e. The topological polar surface area (TPSA) is 38.0 Å². The Balaban J connectivity index is 2.27. The zero-order valence-corrected chi connectivity index (χ0v) is 11.3. The van der Waals surface area contributed by atoms with Gasteiger partial charge < -0.3 is 0 Å². The lowest BCUT2D eigenvalue weighted by atomic mass is 9.94. The quantitative estimate of drug-likeness (QED) is 0.653. The molecule has 2 rings (SSSR count). The molecule has 0 saturated heterocycles. The third kappa shape index (κ3) is 3.19. The van der Waals surface area contributed by atoms with Gasteiger partial charge in [0.05, 0.1) is 6.04 Å². The van der Waals surface area contributed by atoms with E-state index in [1.165, 1.54) is 17.2 Å². The molecule has 19 heavy (non-hydrogen) atoms. The first-order valence-electron chi connectivity index (χ1n) is 6.38. The highest BCUT2D eigenvalue weighted by Crippen LogP contribution is 2.22. The second-order valence-corrected chi connectivity index (χ2v) is 4.85. The lowest BCUT2D eigenvalue weighted by Gasteiger charge is -2.19. The monoisotopic (exact) mass is 258 g/mol. The SMILES string of the molecule is Cc1cc(F)ccc1CC(NN)c1ccccc1C. The zero-order chi connectivity index (χ0) is 13.8. The van der Waals surface area contributed by atoms with Crippen molar-refractivity contribution in [1.82, 2.24) is 5.43 Å². The van der Waals surface area contributed by atoms with Crippen LogP contribution in [0.1, 0.15) is 28.3 Å². The number of halogens is 1. The van der Waals surface area contributed by atoms with Crippen molar-refractivity contribution < 1.29 is 4.39 Å². The summed E-state index contributed by atoms with van der Waals surface area (Å²) in [4.78, 5) is 0. The van der Waals surface area contributed by atoms with Gasteiger partial charge in [0.1, 0.15) is 5.82 Å². The summed E-state index contributed by atoms with van der Waals surface area (Å²) in [6, 6.07) is 13.1. The summed E-state index contributed by atoms with van der Waals surface area (Å²) in [6.07, 6.45) is 0.744. The molecule has 0 heterocycles. The van der Waals surface area contributed by atoms with Crippen molar-refractivity contribution >= 4 is 0 Å². The fraction of sp³-hybridized carbons (Fsp3) is 0.250. The van der Waals surface area contributed by atoms with Gasteiger partial charge in [0, 0.05) is 0 Å². The molecule has 0 saturated carbocycles. The number of hydrogen-bond donors (Lipinski definition) is 2. The molecule has 0 aliphatic carbocycles. The van der Waals surface area contributed by atoms with E-state index in [0.29, 0.717) is 0 Å². The Labute approximate surface area is 113 Å². The highest BCUT2D eigenvalue weighted by Gasteiger charge is 2.13. The molecule has 0 aromatic heterocycles. The van der Waals surface area contributed by atoms with Gasteiger partial charge in [-0.3, -0.25) is 11.3 Å². The summed E-state index contributed by atoms with van der Waals surface area (Å²) in [5.41, 5.74) is 7.29. The molecule has 0 spiro atoms. The number of hydrogen-bond acceptors (Lipinski definition) is 2. The summed E-state index contributed by atoms with van der Waals surface area (Å²) in [6.45, 7) is 3.99. The Morgan fingerprint density at radius 2 is 1.84 bits per heavy atom. The van der Waals surface area contributed by atoms with Crippen LogP contribution in [0.4, 0.5) is 4.39 Å². The minimum atomic E-state index is -0.200. The molecule has 0 aliphatic heterocycles. The number of nitrogens with one attached hydrogen (secondary N) is 1. The molecule has 0 amide bonds. The van der Waals surface area contributed by atoms with Crippen molar-refractivity contribution in [2.75, 3.05) is 0 Å². The molecule has 0 radical (unpaired) electrons.